The first kappa shape index (κ1) is 18.5. The first-order chi connectivity index (χ1) is 9.26. The third-order valence-corrected chi connectivity index (χ3v) is 3.42. The summed E-state index contributed by atoms with van der Waals surface area (Å²) < 4.78 is 0. The van der Waals surface area contributed by atoms with Gasteiger partial charge >= 0.3 is 5.97 Å². The van der Waals surface area contributed by atoms with Gasteiger partial charge in [-0.1, -0.05) is 20.3 Å². The Balaban J connectivity index is 0.000000361. The van der Waals surface area contributed by atoms with Crippen LogP contribution < -0.4 is 16.8 Å². The highest BCUT2D eigenvalue weighted by Gasteiger charge is 2.40. The molecule has 2 unspecified atom stereocenters. The first-order valence-corrected chi connectivity index (χ1v) is 6.79. The van der Waals surface area contributed by atoms with E-state index in [0.29, 0.717) is 19.4 Å². The van der Waals surface area contributed by atoms with Crippen LogP contribution in [-0.4, -0.2) is 35.5 Å². The molecule has 20 heavy (non-hydrogen) atoms. The lowest BCUT2D eigenvalue weighted by atomic mass is 9.86. The Morgan fingerprint density at radius 1 is 1.45 bits per heavy atom. The van der Waals surface area contributed by atoms with Crippen LogP contribution in [0.2, 0.25) is 0 Å². The molecular weight excluding hydrogens is 262 g/mol. The molecule has 1 fully saturated rings. The van der Waals surface area contributed by atoms with Crippen molar-refractivity contribution in [3.63, 3.8) is 0 Å². The largest absolute Gasteiger partial charge is 0.480 e. The molecule has 1 aliphatic rings. The second kappa shape index (κ2) is 8.65. The average molecular weight is 287 g/mol. The molecular formula is C13H25N3O4. The van der Waals surface area contributed by atoms with Gasteiger partial charge in [0.05, 0.1) is 5.41 Å². The van der Waals surface area contributed by atoms with E-state index in [1.165, 1.54) is 0 Å². The molecule has 0 aromatic rings. The highest BCUT2D eigenvalue weighted by molar-refractivity contribution is 6.05. The number of rotatable bonds is 6. The van der Waals surface area contributed by atoms with E-state index in [-0.39, 0.29) is 11.8 Å². The maximum atomic E-state index is 11.0. The van der Waals surface area contributed by atoms with Gasteiger partial charge < -0.3 is 16.6 Å². The number of unbranched alkanes of at least 4 members (excludes halogenated alkanes) is 1. The van der Waals surface area contributed by atoms with Crippen LogP contribution in [0.4, 0.5) is 0 Å². The Hall–Kier alpha value is -1.47. The second-order valence-corrected chi connectivity index (χ2v) is 5.20. The summed E-state index contributed by atoms with van der Waals surface area (Å²) in [5.41, 5.74) is 9.99. The summed E-state index contributed by atoms with van der Waals surface area (Å²) in [7, 11) is 0. The van der Waals surface area contributed by atoms with Crippen LogP contribution in [-0.2, 0) is 14.4 Å². The zero-order valence-corrected chi connectivity index (χ0v) is 12.1. The summed E-state index contributed by atoms with van der Waals surface area (Å²) in [5, 5.41) is 10.6. The minimum Gasteiger partial charge on any atom is -0.480 e. The van der Waals surface area contributed by atoms with Gasteiger partial charge in [-0.3, -0.25) is 19.7 Å². The van der Waals surface area contributed by atoms with Crippen molar-refractivity contribution in [2.45, 2.75) is 52.0 Å². The maximum absolute atomic E-state index is 11.0. The summed E-state index contributed by atoms with van der Waals surface area (Å²) in [4.78, 5) is 31.8. The molecule has 2 amide bonds. The van der Waals surface area contributed by atoms with Crippen molar-refractivity contribution < 1.29 is 19.5 Å². The number of carboxylic acids is 1. The van der Waals surface area contributed by atoms with E-state index in [4.69, 9.17) is 16.6 Å². The maximum Gasteiger partial charge on any atom is 0.320 e. The van der Waals surface area contributed by atoms with E-state index >= 15 is 0 Å². The van der Waals surface area contributed by atoms with Crippen LogP contribution in [0.3, 0.4) is 0 Å². The predicted octanol–water partition coefficient (Wildman–Crippen LogP) is -0.0235. The third-order valence-electron chi connectivity index (χ3n) is 3.42. The lowest BCUT2D eigenvalue weighted by Gasteiger charge is -2.14. The summed E-state index contributed by atoms with van der Waals surface area (Å²) in [6.45, 7) is 4.33. The number of hydrogen-bond acceptors (Lipinski definition) is 5. The Labute approximate surface area is 119 Å². The molecule has 0 bridgehead atoms. The summed E-state index contributed by atoms with van der Waals surface area (Å²) in [5.74, 6) is -1.20. The van der Waals surface area contributed by atoms with Gasteiger partial charge in [0.2, 0.25) is 11.8 Å². The minimum atomic E-state index is -0.933. The SMILES string of the molecule is CCC1(C)CC(=O)NC1=O.NCCCCC(N)C(=O)O. The van der Waals surface area contributed by atoms with Crippen molar-refractivity contribution in [2.24, 2.45) is 16.9 Å². The molecule has 7 heteroatoms. The number of imide groups is 1. The topological polar surface area (TPSA) is 136 Å². The van der Waals surface area contributed by atoms with Crippen molar-refractivity contribution in [3.05, 3.63) is 0 Å². The number of nitrogens with one attached hydrogen (secondary N) is 1. The average Bonchev–Trinajstić information content (AvgIpc) is 2.64. The number of hydrogen-bond donors (Lipinski definition) is 4. The smallest absolute Gasteiger partial charge is 0.320 e. The van der Waals surface area contributed by atoms with Crippen LogP contribution in [0.15, 0.2) is 0 Å². The molecule has 0 saturated carbocycles. The Bertz CT molecular complexity index is 360. The summed E-state index contributed by atoms with van der Waals surface area (Å²) >= 11 is 0. The Kier molecular flexibility index (Phi) is 8.02. The Morgan fingerprint density at radius 3 is 2.35 bits per heavy atom. The van der Waals surface area contributed by atoms with E-state index in [1.54, 1.807) is 0 Å². The molecule has 116 valence electrons. The number of nitrogens with two attached hydrogens (primary N) is 2. The molecule has 0 aliphatic carbocycles. The molecule has 1 aliphatic heterocycles. The normalized spacial score (nSPS) is 22.8. The number of carboxylic acid groups (broad SMARTS) is 1. The van der Waals surface area contributed by atoms with Gasteiger partial charge in [0.1, 0.15) is 6.04 Å². The van der Waals surface area contributed by atoms with E-state index in [0.717, 1.165) is 19.3 Å². The van der Waals surface area contributed by atoms with Crippen molar-refractivity contribution >= 4 is 17.8 Å². The van der Waals surface area contributed by atoms with Gasteiger partial charge in [0, 0.05) is 6.42 Å². The third kappa shape index (κ3) is 6.12. The Morgan fingerprint density at radius 2 is 2.05 bits per heavy atom. The number of amides is 2. The highest BCUT2D eigenvalue weighted by Crippen LogP contribution is 2.29. The van der Waals surface area contributed by atoms with Gasteiger partial charge in [0.15, 0.2) is 0 Å². The first-order valence-electron chi connectivity index (χ1n) is 6.79. The van der Waals surface area contributed by atoms with Crippen LogP contribution in [0.25, 0.3) is 0 Å². The molecule has 0 radical (unpaired) electrons. The van der Waals surface area contributed by atoms with E-state index in [2.05, 4.69) is 5.32 Å². The minimum absolute atomic E-state index is 0.125. The zero-order valence-electron chi connectivity index (χ0n) is 12.1. The number of carbonyl (C=O) groups excluding carboxylic acids is 2. The second-order valence-electron chi connectivity index (χ2n) is 5.20. The van der Waals surface area contributed by atoms with Gasteiger partial charge in [-0.2, -0.15) is 0 Å². The monoisotopic (exact) mass is 287 g/mol. The van der Waals surface area contributed by atoms with E-state index in [1.807, 2.05) is 13.8 Å². The molecule has 6 N–H and O–H groups in total. The number of carbonyl (C=O) groups is 3. The van der Waals surface area contributed by atoms with E-state index in [9.17, 15) is 14.4 Å². The van der Waals surface area contributed by atoms with Crippen molar-refractivity contribution in [1.29, 1.82) is 0 Å². The molecule has 1 saturated heterocycles. The highest BCUT2D eigenvalue weighted by atomic mass is 16.4. The van der Waals surface area contributed by atoms with E-state index < -0.39 is 17.4 Å². The molecule has 2 atom stereocenters. The molecule has 0 aromatic carbocycles. The molecule has 1 rings (SSSR count). The fourth-order valence-corrected chi connectivity index (χ4v) is 1.67. The van der Waals surface area contributed by atoms with Crippen molar-refractivity contribution in [2.75, 3.05) is 6.54 Å². The van der Waals surface area contributed by atoms with Crippen LogP contribution in [0.1, 0.15) is 46.0 Å². The fraction of sp³-hybridized carbons (Fsp3) is 0.769. The van der Waals surface area contributed by atoms with Gasteiger partial charge in [-0.25, -0.2) is 0 Å². The van der Waals surface area contributed by atoms with Crippen LogP contribution >= 0.6 is 0 Å². The molecule has 7 nitrogen and oxygen atoms in total. The lowest BCUT2D eigenvalue weighted by molar-refractivity contribution is -0.138. The number of aliphatic carboxylic acids is 1. The lowest BCUT2D eigenvalue weighted by Crippen LogP contribution is -2.29. The van der Waals surface area contributed by atoms with Gasteiger partial charge in [0.25, 0.3) is 0 Å². The van der Waals surface area contributed by atoms with Crippen molar-refractivity contribution in [1.82, 2.24) is 5.32 Å². The van der Waals surface area contributed by atoms with Crippen molar-refractivity contribution in [3.8, 4) is 0 Å². The standard InChI is InChI=1S/C7H11NO2.C6H14N2O2/c1-3-7(2)4-5(9)8-6(7)10;7-4-2-1-3-5(8)6(9)10/h3-4H2,1-2H3,(H,8,9,10);5H,1-4,7-8H2,(H,9,10). The zero-order chi connectivity index (χ0) is 15.8. The summed E-state index contributed by atoms with van der Waals surface area (Å²) in [6.07, 6.45) is 3.24. The molecule has 0 spiro atoms. The van der Waals surface area contributed by atoms with Crippen LogP contribution in [0, 0.1) is 5.41 Å². The molecule has 1 heterocycles. The van der Waals surface area contributed by atoms with Crippen LogP contribution in [0.5, 0.6) is 0 Å². The molecule has 0 aromatic heterocycles. The quantitative estimate of drug-likeness (QED) is 0.400. The fourth-order valence-electron chi connectivity index (χ4n) is 1.67. The summed E-state index contributed by atoms with van der Waals surface area (Å²) in [6, 6.07) is -0.716. The van der Waals surface area contributed by atoms with Gasteiger partial charge in [-0.05, 0) is 25.8 Å². The van der Waals surface area contributed by atoms with Gasteiger partial charge in [-0.15, -0.1) is 0 Å². The predicted molar refractivity (Wildman–Crippen MR) is 74.7 cm³/mol.